The number of para-hydroxylation sites is 1. The van der Waals surface area contributed by atoms with Gasteiger partial charge in [-0.25, -0.2) is 4.98 Å². The number of benzene rings is 2. The molecule has 0 radical (unpaired) electrons. The molecule has 5 rings (SSSR count). The fraction of sp³-hybridized carbons (Fsp3) is 0.174. The highest BCUT2D eigenvalue weighted by Crippen LogP contribution is 2.38. The molecule has 0 unspecified atom stereocenters. The largest absolute Gasteiger partial charge is 0.506 e. The SMILES string of the molecule is CC(C)Oc1ccccc1-c1nc2sc3c(O)cccc3c2c(=O)n1Cc1cncs1. The molecule has 0 aliphatic rings. The first-order chi connectivity index (χ1) is 15.0. The van der Waals surface area contributed by atoms with E-state index in [1.165, 1.54) is 22.7 Å². The van der Waals surface area contributed by atoms with Crippen LogP contribution in [0.4, 0.5) is 0 Å². The van der Waals surface area contributed by atoms with Gasteiger partial charge in [0.25, 0.3) is 5.56 Å². The molecule has 156 valence electrons. The summed E-state index contributed by atoms with van der Waals surface area (Å²) < 4.78 is 8.36. The topological polar surface area (TPSA) is 77.2 Å². The third-order valence-corrected chi connectivity index (χ3v) is 6.77. The fourth-order valence-corrected chi connectivity index (χ4v) is 5.26. The molecular weight excluding hydrogens is 430 g/mol. The Kier molecular flexibility index (Phi) is 4.95. The third-order valence-electron chi connectivity index (χ3n) is 4.89. The molecule has 1 N–H and O–H groups in total. The van der Waals surface area contributed by atoms with Gasteiger partial charge in [0.15, 0.2) is 0 Å². The monoisotopic (exact) mass is 449 g/mol. The standard InChI is InChI=1S/C23H19N3O3S2/c1-13(2)29-18-9-4-3-6-15(18)21-25-22-19(16-7-5-8-17(27)20(16)31-22)23(28)26(21)11-14-10-24-12-30-14/h3-10,12-13,27H,11H2,1-2H3. The number of nitrogens with zero attached hydrogens (tertiary/aromatic N) is 3. The van der Waals surface area contributed by atoms with Crippen LogP contribution in [0, 0.1) is 0 Å². The summed E-state index contributed by atoms with van der Waals surface area (Å²) in [6.45, 7) is 4.28. The maximum atomic E-state index is 13.8. The van der Waals surface area contributed by atoms with Gasteiger partial charge < -0.3 is 9.84 Å². The number of hydrogen-bond acceptors (Lipinski definition) is 7. The van der Waals surface area contributed by atoms with Crippen LogP contribution >= 0.6 is 22.7 Å². The quantitative estimate of drug-likeness (QED) is 0.395. The maximum absolute atomic E-state index is 13.8. The molecule has 0 saturated carbocycles. The van der Waals surface area contributed by atoms with Crippen molar-refractivity contribution in [3.8, 4) is 22.9 Å². The highest BCUT2D eigenvalue weighted by Gasteiger charge is 2.21. The molecule has 0 amide bonds. The molecule has 3 heterocycles. The van der Waals surface area contributed by atoms with E-state index in [0.29, 0.717) is 38.4 Å². The van der Waals surface area contributed by atoms with Crippen LogP contribution in [0.15, 0.2) is 59.0 Å². The van der Waals surface area contributed by atoms with Crippen molar-refractivity contribution in [1.29, 1.82) is 0 Å². The molecule has 2 aromatic carbocycles. The van der Waals surface area contributed by atoms with E-state index in [0.717, 1.165) is 10.4 Å². The zero-order chi connectivity index (χ0) is 21.5. The number of ether oxygens (including phenoxy) is 1. The van der Waals surface area contributed by atoms with E-state index in [-0.39, 0.29) is 17.4 Å². The second kappa shape index (κ2) is 7.79. The average molecular weight is 450 g/mol. The molecule has 0 atom stereocenters. The first-order valence-corrected chi connectivity index (χ1v) is 11.5. The minimum atomic E-state index is -0.149. The molecule has 0 aliphatic carbocycles. The van der Waals surface area contributed by atoms with Gasteiger partial charge in [0, 0.05) is 16.5 Å². The Morgan fingerprint density at radius 1 is 1.16 bits per heavy atom. The normalized spacial score (nSPS) is 11.6. The summed E-state index contributed by atoms with van der Waals surface area (Å²) in [6.07, 6.45) is 1.74. The lowest BCUT2D eigenvalue weighted by molar-refractivity contribution is 0.243. The van der Waals surface area contributed by atoms with Gasteiger partial charge in [0.1, 0.15) is 22.2 Å². The number of fused-ring (bicyclic) bond motifs is 3. The molecule has 0 bridgehead atoms. The van der Waals surface area contributed by atoms with Crippen LogP contribution < -0.4 is 10.3 Å². The number of thiophene rings is 1. The first-order valence-electron chi connectivity index (χ1n) is 9.81. The zero-order valence-electron chi connectivity index (χ0n) is 16.9. The molecule has 0 aliphatic heterocycles. The van der Waals surface area contributed by atoms with Crippen molar-refractivity contribution in [2.75, 3.05) is 0 Å². The summed E-state index contributed by atoms with van der Waals surface area (Å²) in [6, 6.07) is 12.8. The molecule has 0 saturated heterocycles. The van der Waals surface area contributed by atoms with Crippen LogP contribution in [0.5, 0.6) is 11.5 Å². The Morgan fingerprint density at radius 2 is 2.00 bits per heavy atom. The number of rotatable bonds is 5. The first kappa shape index (κ1) is 19.7. The minimum absolute atomic E-state index is 0.0205. The summed E-state index contributed by atoms with van der Waals surface area (Å²) in [5.74, 6) is 1.36. The van der Waals surface area contributed by atoms with Crippen LogP contribution in [-0.4, -0.2) is 25.7 Å². The summed E-state index contributed by atoms with van der Waals surface area (Å²) in [5, 5.41) is 11.6. The van der Waals surface area contributed by atoms with Gasteiger partial charge >= 0.3 is 0 Å². The Labute approximate surface area is 186 Å². The van der Waals surface area contributed by atoms with E-state index in [1.807, 2.05) is 44.2 Å². The lowest BCUT2D eigenvalue weighted by atomic mass is 10.1. The van der Waals surface area contributed by atoms with Gasteiger partial charge in [-0.1, -0.05) is 24.3 Å². The smallest absolute Gasteiger partial charge is 0.263 e. The van der Waals surface area contributed by atoms with Gasteiger partial charge in [-0.2, -0.15) is 0 Å². The predicted molar refractivity (Wildman–Crippen MR) is 125 cm³/mol. The second-order valence-electron chi connectivity index (χ2n) is 7.39. The van der Waals surface area contributed by atoms with Gasteiger partial charge in [-0.3, -0.25) is 14.3 Å². The molecule has 3 aromatic heterocycles. The average Bonchev–Trinajstić information content (AvgIpc) is 3.38. The Bertz CT molecular complexity index is 1450. The van der Waals surface area contributed by atoms with Gasteiger partial charge in [-0.15, -0.1) is 22.7 Å². The zero-order valence-corrected chi connectivity index (χ0v) is 18.5. The second-order valence-corrected chi connectivity index (χ2v) is 9.36. The summed E-state index contributed by atoms with van der Waals surface area (Å²) in [5.41, 5.74) is 2.35. The van der Waals surface area contributed by atoms with Crippen molar-refractivity contribution in [3.63, 3.8) is 0 Å². The van der Waals surface area contributed by atoms with Crippen LogP contribution in [-0.2, 0) is 6.54 Å². The van der Waals surface area contributed by atoms with Crippen LogP contribution in [0.3, 0.4) is 0 Å². The molecule has 6 nitrogen and oxygen atoms in total. The molecule has 0 spiro atoms. The van der Waals surface area contributed by atoms with Crippen molar-refractivity contribution < 1.29 is 9.84 Å². The van der Waals surface area contributed by atoms with E-state index in [4.69, 9.17) is 9.72 Å². The summed E-state index contributed by atoms with van der Waals surface area (Å²) >= 11 is 2.81. The number of aromatic hydroxyl groups is 1. The Hall–Kier alpha value is -3.23. The van der Waals surface area contributed by atoms with Crippen LogP contribution in [0.25, 0.3) is 31.7 Å². The highest BCUT2D eigenvalue weighted by molar-refractivity contribution is 7.25. The van der Waals surface area contributed by atoms with E-state index in [1.54, 1.807) is 28.4 Å². The molecule has 5 aromatic rings. The lowest BCUT2D eigenvalue weighted by Crippen LogP contribution is -2.23. The fourth-order valence-electron chi connectivity index (χ4n) is 3.60. The van der Waals surface area contributed by atoms with Crippen molar-refractivity contribution in [2.24, 2.45) is 0 Å². The van der Waals surface area contributed by atoms with Crippen molar-refractivity contribution in [1.82, 2.24) is 14.5 Å². The number of phenolic OH excluding ortho intramolecular Hbond substituents is 1. The number of aromatic nitrogens is 3. The van der Waals surface area contributed by atoms with Crippen LogP contribution in [0.2, 0.25) is 0 Å². The molecular formula is C23H19N3O3S2. The third kappa shape index (κ3) is 3.47. The predicted octanol–water partition coefficient (Wildman–Crippen LogP) is 5.28. The van der Waals surface area contributed by atoms with Crippen molar-refractivity contribution in [2.45, 2.75) is 26.5 Å². The van der Waals surface area contributed by atoms with E-state index >= 15 is 0 Å². The van der Waals surface area contributed by atoms with Crippen molar-refractivity contribution >= 4 is 43.0 Å². The van der Waals surface area contributed by atoms with Gasteiger partial charge in [0.05, 0.1) is 33.8 Å². The summed E-state index contributed by atoms with van der Waals surface area (Å²) in [4.78, 5) is 24.4. The highest BCUT2D eigenvalue weighted by atomic mass is 32.1. The lowest BCUT2D eigenvalue weighted by Gasteiger charge is -2.17. The molecule has 0 fully saturated rings. The van der Waals surface area contributed by atoms with E-state index < -0.39 is 0 Å². The molecule has 31 heavy (non-hydrogen) atoms. The Balaban J connectivity index is 1.84. The van der Waals surface area contributed by atoms with E-state index in [2.05, 4.69) is 4.98 Å². The number of phenols is 1. The maximum Gasteiger partial charge on any atom is 0.263 e. The Morgan fingerprint density at radius 3 is 2.77 bits per heavy atom. The molecule has 8 heteroatoms. The minimum Gasteiger partial charge on any atom is -0.506 e. The number of thiazole rings is 1. The number of hydrogen-bond donors (Lipinski definition) is 1. The van der Waals surface area contributed by atoms with Crippen LogP contribution in [0.1, 0.15) is 18.7 Å². The van der Waals surface area contributed by atoms with Gasteiger partial charge in [0.2, 0.25) is 0 Å². The van der Waals surface area contributed by atoms with Crippen molar-refractivity contribution in [3.05, 3.63) is 69.4 Å². The van der Waals surface area contributed by atoms with E-state index in [9.17, 15) is 9.90 Å². The van der Waals surface area contributed by atoms with Gasteiger partial charge in [-0.05, 0) is 32.0 Å². The summed E-state index contributed by atoms with van der Waals surface area (Å²) in [7, 11) is 0.